The summed E-state index contributed by atoms with van der Waals surface area (Å²) in [7, 11) is -2.38. The summed E-state index contributed by atoms with van der Waals surface area (Å²) in [6.07, 6.45) is -11.5. The van der Waals surface area contributed by atoms with E-state index >= 15 is 35.9 Å². The number of rotatable bonds is 18. The number of hydrogen-bond donors (Lipinski definition) is 0. The predicted octanol–water partition coefficient (Wildman–Crippen LogP) is 14.6. The molecule has 0 aliphatic heterocycles. The van der Waals surface area contributed by atoms with Gasteiger partial charge < -0.3 is 0 Å². The fraction of sp³-hybridized carbons (Fsp3) is 0.152. The molecule has 0 radical (unpaired) electrons. The summed E-state index contributed by atoms with van der Waals surface area (Å²) in [5.41, 5.74) is 2.31. The molecule has 0 unspecified atom stereocenters. The van der Waals surface area contributed by atoms with Crippen LogP contribution >= 0.6 is 13.7 Å². The Hall–Kier alpha value is -7.46. The number of halogens is 6. The first-order valence-corrected chi connectivity index (χ1v) is 30.7. The van der Waals surface area contributed by atoms with Crippen LogP contribution in [0, 0.1) is 41.5 Å². The van der Waals surface area contributed by atoms with E-state index in [4.69, 9.17) is 13.5 Å². The summed E-state index contributed by atoms with van der Waals surface area (Å²) in [5.74, 6) is -1.73. The second-order valence-electron chi connectivity index (χ2n) is 20.7. The van der Waals surface area contributed by atoms with Crippen LogP contribution in [0.3, 0.4) is 0 Å². The van der Waals surface area contributed by atoms with Crippen molar-refractivity contribution in [1.82, 2.24) is 0 Å². The Morgan fingerprint density at radius 3 is 0.825 bits per heavy atom. The van der Waals surface area contributed by atoms with Crippen LogP contribution < -0.4 is 36.5 Å². The first-order chi connectivity index (χ1) is 38.0. The van der Waals surface area contributed by atoms with Crippen molar-refractivity contribution in [3.63, 3.8) is 0 Å². The van der Waals surface area contributed by atoms with Crippen molar-refractivity contribution in [1.29, 1.82) is 0 Å². The average Bonchev–Trinajstić information content (AvgIpc) is 3.51. The molecule has 0 bridgehead atoms. The molecule has 0 aliphatic rings. The van der Waals surface area contributed by atoms with E-state index in [-0.39, 0.29) is 6.07 Å². The second-order valence-corrected chi connectivity index (χ2v) is 29.7. The summed E-state index contributed by atoms with van der Waals surface area (Å²) < 4.78 is 114. The molecular formula is C66H59BF6O5P2. The Morgan fingerprint density at radius 1 is 0.362 bits per heavy atom. The van der Waals surface area contributed by atoms with Crippen LogP contribution in [0.1, 0.15) is 65.2 Å². The third kappa shape index (κ3) is 10.9. The van der Waals surface area contributed by atoms with Crippen LogP contribution in [-0.4, -0.2) is 31.2 Å². The Bertz CT molecular complexity index is 3190. The van der Waals surface area contributed by atoms with E-state index < -0.39 is 74.1 Å². The van der Waals surface area contributed by atoms with Crippen LogP contribution in [-0.2, 0) is 21.2 Å². The van der Waals surface area contributed by atoms with Crippen molar-refractivity contribution in [2.75, 3.05) is 12.3 Å². The zero-order chi connectivity index (χ0) is 57.1. The fourth-order valence-electron chi connectivity index (χ4n) is 10.6. The maximum atomic E-state index is 15.8. The monoisotopic (exact) mass is 1120 g/mol. The Kier molecular flexibility index (Phi) is 15.9. The van der Waals surface area contributed by atoms with E-state index in [2.05, 4.69) is 0 Å². The van der Waals surface area contributed by atoms with Crippen molar-refractivity contribution in [2.45, 2.75) is 53.9 Å². The zero-order valence-electron chi connectivity index (χ0n) is 45.1. The maximum absolute atomic E-state index is 15.8. The van der Waals surface area contributed by atoms with Gasteiger partial charge in [0.2, 0.25) is 0 Å². The molecule has 0 atom stereocenters. The van der Waals surface area contributed by atoms with Crippen molar-refractivity contribution in [3.05, 3.63) is 280 Å². The summed E-state index contributed by atoms with van der Waals surface area (Å²) >= 11 is 0. The fourth-order valence-corrected chi connectivity index (χ4v) is 21.5. The van der Waals surface area contributed by atoms with Gasteiger partial charge in [0.15, 0.2) is 0 Å². The van der Waals surface area contributed by atoms with Crippen LogP contribution in [0.4, 0.5) is 26.3 Å². The zero-order valence-corrected chi connectivity index (χ0v) is 46.8. The van der Waals surface area contributed by atoms with Gasteiger partial charge in [0.05, 0.1) is 0 Å². The van der Waals surface area contributed by atoms with Crippen LogP contribution in [0.25, 0.3) is 0 Å². The van der Waals surface area contributed by atoms with Crippen LogP contribution in [0.5, 0.6) is 5.75 Å². The molecule has 0 N–H and O–H groups in total. The van der Waals surface area contributed by atoms with E-state index in [9.17, 15) is 0 Å². The van der Waals surface area contributed by atoms with Gasteiger partial charge in [0.25, 0.3) is 0 Å². The van der Waals surface area contributed by atoms with Gasteiger partial charge in [0, 0.05) is 0 Å². The normalized spacial score (nSPS) is 13.1. The Morgan fingerprint density at radius 2 is 0.600 bits per heavy atom. The molecule has 0 spiro atoms. The van der Waals surface area contributed by atoms with Crippen molar-refractivity contribution in [2.24, 2.45) is 0 Å². The van der Waals surface area contributed by atoms with Gasteiger partial charge in [-0.2, -0.15) is 0 Å². The van der Waals surface area contributed by atoms with E-state index in [0.717, 1.165) is 33.4 Å². The number of hydrogen-bond acceptors (Lipinski definition) is 5. The van der Waals surface area contributed by atoms with E-state index in [1.165, 1.54) is 0 Å². The van der Waals surface area contributed by atoms with Gasteiger partial charge in [-0.3, -0.25) is 0 Å². The summed E-state index contributed by atoms with van der Waals surface area (Å²) in [6, 6.07) is 62.5. The van der Waals surface area contributed by atoms with Crippen molar-refractivity contribution < 1.29 is 49.5 Å². The number of carbonyl (C=O) groups excluding carboxylic acids is 2. The number of carbonyl (C=O) groups is 2. The third-order valence-corrected chi connectivity index (χ3v) is 26.4. The van der Waals surface area contributed by atoms with Crippen LogP contribution in [0.2, 0.25) is 0 Å². The molecule has 5 nitrogen and oxygen atoms in total. The molecule has 9 rings (SSSR count). The molecule has 0 heterocycles. The molecule has 9 aromatic carbocycles. The Balaban J connectivity index is 1.51. The van der Waals surface area contributed by atoms with Gasteiger partial charge in [-0.25, -0.2) is 0 Å². The predicted molar refractivity (Wildman–Crippen MR) is 315 cm³/mol. The molecule has 0 amide bonds. The number of aryl methyl sites for hydroxylation is 6. The molecule has 0 saturated heterocycles. The summed E-state index contributed by atoms with van der Waals surface area (Å²) in [5, 5.41) is 2.74. The van der Waals surface area contributed by atoms with Gasteiger partial charge >= 0.3 is 466 Å². The van der Waals surface area contributed by atoms with Crippen molar-refractivity contribution in [3.8, 4) is 5.75 Å². The minimum atomic E-state index is -5.35. The van der Waals surface area contributed by atoms with Crippen LogP contribution in [0.15, 0.2) is 224 Å². The second kappa shape index (κ2) is 22.2. The number of ketones is 2. The van der Waals surface area contributed by atoms with E-state index in [1.807, 2.05) is 187 Å². The standard InChI is InChI=1S/C66H59BF6O5P2/c1-46-17-29-57(30-18-46)79(58-31-19-47(2)20-32-58,59-33-21-48(3)22-34-59,44-63(74)52-13-9-7-10-14-52)77-67(76-56-42-54(65(68,69)70)41-55(43-56)66(71,72)73)78-80(60-35-23-49(4)24-36-60,61-37-25-50(5)26-38-61,62-39-27-51(6)28-40-62)45-64(75)53-15-11-8-12-16-53/h7-43H,44-45H2,1-6H3. The molecule has 0 aliphatic carbocycles. The molecule has 0 aromatic heterocycles. The summed E-state index contributed by atoms with van der Waals surface area (Å²) in [4.78, 5) is 31.7. The average molecular weight is 1120 g/mol. The first kappa shape index (κ1) is 57.2. The molecule has 0 saturated carbocycles. The topological polar surface area (TPSA) is 61.8 Å². The van der Waals surface area contributed by atoms with E-state index in [0.29, 0.717) is 55.1 Å². The van der Waals surface area contributed by atoms with Gasteiger partial charge in [0.1, 0.15) is 0 Å². The molecule has 14 heteroatoms. The number of benzene rings is 9. The van der Waals surface area contributed by atoms with E-state index in [1.54, 1.807) is 60.7 Å². The van der Waals surface area contributed by atoms with Gasteiger partial charge in [-0.05, 0) is 0 Å². The van der Waals surface area contributed by atoms with Gasteiger partial charge in [-0.15, -0.1) is 0 Å². The van der Waals surface area contributed by atoms with Crippen molar-refractivity contribution >= 4 is 64.4 Å². The molecule has 408 valence electrons. The summed E-state index contributed by atoms with van der Waals surface area (Å²) in [6.45, 7) is 0.667. The minimum absolute atomic E-state index is 0.0243. The Labute approximate surface area is 463 Å². The molecular weight excluding hydrogens is 1060 g/mol. The number of Topliss-reactive ketones (excluding diaryl/α,β-unsaturated/α-hetero) is 2. The molecule has 0 fully saturated rings. The SMILES string of the molecule is Cc1ccc(P(CC(=O)c2ccccc2)(OB(Oc2cc(C(F)(F)F)cc(C(F)(F)F)c2)OP(CC(=O)c2ccccc2)(c2ccc(C)cc2)(c2ccc(C)cc2)c2ccc(C)cc2)(c2ccc(C)cc2)c2ccc(C)cc2)cc1. The molecule has 9 aromatic rings. The third-order valence-electron chi connectivity index (χ3n) is 15.0. The molecule has 80 heavy (non-hydrogen) atoms. The van der Waals surface area contributed by atoms with Gasteiger partial charge in [-0.1, -0.05) is 0 Å². The first-order valence-electron chi connectivity index (χ1n) is 26.0. The quantitative estimate of drug-likeness (QED) is 0.0371. The number of alkyl halides is 6.